The number of hydrazine groups is 1. The second kappa shape index (κ2) is 6.90. The van der Waals surface area contributed by atoms with Gasteiger partial charge in [-0.05, 0) is 42.5 Å². The van der Waals surface area contributed by atoms with E-state index in [9.17, 15) is 0 Å². The van der Waals surface area contributed by atoms with Crippen LogP contribution in [0.1, 0.15) is 50.1 Å². The molecule has 18 heavy (non-hydrogen) atoms. The Hall–Kier alpha value is -0.0900. The second-order valence-electron chi connectivity index (χ2n) is 5.10. The quantitative estimate of drug-likeness (QED) is 0.483. The largest absolute Gasteiger partial charge is 0.271 e. The molecule has 1 aromatic carbocycles. The van der Waals surface area contributed by atoms with Gasteiger partial charge in [-0.25, -0.2) is 0 Å². The summed E-state index contributed by atoms with van der Waals surface area (Å²) < 4.78 is 1.01. The molecule has 3 N–H and O–H groups in total. The highest BCUT2D eigenvalue weighted by Gasteiger charge is 2.23. The normalized spacial score (nSPS) is 19.5. The van der Waals surface area contributed by atoms with E-state index in [0.29, 0.717) is 5.92 Å². The average molecular weight is 332 g/mol. The van der Waals surface area contributed by atoms with Crippen molar-refractivity contribution >= 4 is 27.5 Å². The van der Waals surface area contributed by atoms with Crippen LogP contribution in [0.25, 0.3) is 0 Å². The summed E-state index contributed by atoms with van der Waals surface area (Å²) in [6.07, 6.45) is 7.83. The minimum atomic E-state index is 0.207. The zero-order valence-corrected chi connectivity index (χ0v) is 12.8. The van der Waals surface area contributed by atoms with Crippen LogP contribution in [0, 0.1) is 5.92 Å². The first kappa shape index (κ1) is 14.3. The molecule has 0 heterocycles. The van der Waals surface area contributed by atoms with Crippen LogP contribution in [0.15, 0.2) is 22.7 Å². The molecule has 1 aromatic rings. The molecule has 1 saturated carbocycles. The van der Waals surface area contributed by atoms with Crippen molar-refractivity contribution in [2.75, 3.05) is 0 Å². The molecule has 0 aliphatic heterocycles. The van der Waals surface area contributed by atoms with Crippen molar-refractivity contribution in [1.82, 2.24) is 5.43 Å². The van der Waals surface area contributed by atoms with E-state index in [2.05, 4.69) is 27.4 Å². The number of nitrogens with one attached hydrogen (secondary N) is 1. The number of rotatable bonds is 3. The van der Waals surface area contributed by atoms with Crippen molar-refractivity contribution in [1.29, 1.82) is 0 Å². The van der Waals surface area contributed by atoms with Gasteiger partial charge >= 0.3 is 0 Å². The second-order valence-corrected chi connectivity index (χ2v) is 6.45. The molecule has 0 spiro atoms. The molecule has 100 valence electrons. The van der Waals surface area contributed by atoms with Gasteiger partial charge in [0.2, 0.25) is 0 Å². The van der Waals surface area contributed by atoms with Crippen LogP contribution in [0.4, 0.5) is 0 Å². The lowest BCUT2D eigenvalue weighted by atomic mass is 9.87. The Kier molecular flexibility index (Phi) is 5.49. The number of hydrogen-bond donors (Lipinski definition) is 2. The number of halogens is 2. The van der Waals surface area contributed by atoms with Crippen LogP contribution < -0.4 is 11.3 Å². The van der Waals surface area contributed by atoms with Gasteiger partial charge in [0.05, 0.1) is 0 Å². The van der Waals surface area contributed by atoms with E-state index in [1.54, 1.807) is 0 Å². The predicted octanol–water partition coefficient (Wildman–Crippen LogP) is 4.58. The van der Waals surface area contributed by atoms with Gasteiger partial charge in [0, 0.05) is 15.5 Å². The van der Waals surface area contributed by atoms with Crippen LogP contribution in [0.3, 0.4) is 0 Å². The average Bonchev–Trinajstić information content (AvgIpc) is 2.58. The van der Waals surface area contributed by atoms with Crippen LogP contribution >= 0.6 is 27.5 Å². The fourth-order valence-electron chi connectivity index (χ4n) is 2.90. The minimum absolute atomic E-state index is 0.207. The molecule has 2 nitrogen and oxygen atoms in total. The summed E-state index contributed by atoms with van der Waals surface area (Å²) in [4.78, 5) is 0. The van der Waals surface area contributed by atoms with Gasteiger partial charge < -0.3 is 0 Å². The van der Waals surface area contributed by atoms with E-state index in [0.717, 1.165) is 9.50 Å². The van der Waals surface area contributed by atoms with E-state index in [1.165, 1.54) is 44.1 Å². The summed E-state index contributed by atoms with van der Waals surface area (Å²) in [5, 5.41) is 0.758. The zero-order chi connectivity index (χ0) is 13.0. The number of nitrogens with two attached hydrogens (primary N) is 1. The molecule has 0 aromatic heterocycles. The van der Waals surface area contributed by atoms with Gasteiger partial charge in [-0.3, -0.25) is 11.3 Å². The van der Waals surface area contributed by atoms with Crippen molar-refractivity contribution in [2.24, 2.45) is 11.8 Å². The Balaban J connectivity index is 2.20. The first-order valence-electron chi connectivity index (χ1n) is 6.63. The molecule has 4 heteroatoms. The third-order valence-corrected chi connectivity index (χ3v) is 4.47. The molecule has 0 radical (unpaired) electrons. The molecular weight excluding hydrogens is 312 g/mol. The highest BCUT2D eigenvalue weighted by Crippen LogP contribution is 2.35. The smallest absolute Gasteiger partial charge is 0.0489 e. The van der Waals surface area contributed by atoms with E-state index in [1.807, 2.05) is 12.1 Å². The minimum Gasteiger partial charge on any atom is -0.271 e. The van der Waals surface area contributed by atoms with Crippen LogP contribution in [0.2, 0.25) is 5.02 Å². The number of hydrogen-bond acceptors (Lipinski definition) is 2. The predicted molar refractivity (Wildman–Crippen MR) is 80.4 cm³/mol. The van der Waals surface area contributed by atoms with Crippen molar-refractivity contribution < 1.29 is 0 Å². The maximum Gasteiger partial charge on any atom is 0.0489 e. The molecule has 1 fully saturated rings. The molecule has 1 unspecified atom stereocenters. The molecule has 1 aliphatic rings. The number of benzene rings is 1. The summed E-state index contributed by atoms with van der Waals surface area (Å²) in [5.74, 6) is 6.39. The molecule has 1 aliphatic carbocycles. The van der Waals surface area contributed by atoms with Crippen LogP contribution in [-0.2, 0) is 0 Å². The molecule has 1 atom stereocenters. The molecule has 0 amide bonds. The molecule has 0 bridgehead atoms. The fourth-order valence-corrected chi connectivity index (χ4v) is 3.79. The molecule has 0 saturated heterocycles. The highest BCUT2D eigenvalue weighted by atomic mass is 79.9. The van der Waals surface area contributed by atoms with E-state index >= 15 is 0 Å². The Morgan fingerprint density at radius 1 is 1.17 bits per heavy atom. The summed E-state index contributed by atoms with van der Waals surface area (Å²) in [6, 6.07) is 6.24. The summed E-state index contributed by atoms with van der Waals surface area (Å²) in [6.45, 7) is 0. The summed E-state index contributed by atoms with van der Waals surface area (Å²) in [7, 11) is 0. The maximum absolute atomic E-state index is 6.12. The first-order valence-corrected chi connectivity index (χ1v) is 7.80. The monoisotopic (exact) mass is 330 g/mol. The van der Waals surface area contributed by atoms with Gasteiger partial charge in [0.1, 0.15) is 0 Å². The van der Waals surface area contributed by atoms with E-state index in [4.69, 9.17) is 17.4 Å². The van der Waals surface area contributed by atoms with Gasteiger partial charge in [0.15, 0.2) is 0 Å². The third-order valence-electron chi connectivity index (χ3n) is 3.79. The topological polar surface area (TPSA) is 38.0 Å². The Morgan fingerprint density at radius 2 is 1.83 bits per heavy atom. The fraction of sp³-hybridized carbons (Fsp3) is 0.571. The van der Waals surface area contributed by atoms with Gasteiger partial charge in [0.25, 0.3) is 0 Å². The van der Waals surface area contributed by atoms with Crippen molar-refractivity contribution in [3.63, 3.8) is 0 Å². The maximum atomic E-state index is 6.12. The van der Waals surface area contributed by atoms with Crippen LogP contribution in [-0.4, -0.2) is 0 Å². The SMILES string of the molecule is NNC(c1cc(Cl)cc(Br)c1)C1CCCCCC1. The van der Waals surface area contributed by atoms with Crippen molar-refractivity contribution in [2.45, 2.75) is 44.6 Å². The first-order chi connectivity index (χ1) is 8.70. The van der Waals surface area contributed by atoms with Crippen LogP contribution in [0.5, 0.6) is 0 Å². The van der Waals surface area contributed by atoms with Gasteiger partial charge in [-0.15, -0.1) is 0 Å². The van der Waals surface area contributed by atoms with Gasteiger partial charge in [-0.1, -0.05) is 53.2 Å². The standard InChI is InChI=1S/C14H20BrClN2/c15-12-7-11(8-13(16)9-12)14(18-17)10-5-3-1-2-4-6-10/h7-10,14,18H,1-6,17H2. The zero-order valence-electron chi connectivity index (χ0n) is 10.5. The summed E-state index contributed by atoms with van der Waals surface area (Å²) in [5.41, 5.74) is 4.17. The lowest BCUT2D eigenvalue weighted by Gasteiger charge is -2.26. The Bertz CT molecular complexity index is 369. The van der Waals surface area contributed by atoms with Gasteiger partial charge in [-0.2, -0.15) is 0 Å². The van der Waals surface area contributed by atoms with Crippen molar-refractivity contribution in [3.8, 4) is 0 Å². The van der Waals surface area contributed by atoms with E-state index < -0.39 is 0 Å². The lowest BCUT2D eigenvalue weighted by Crippen LogP contribution is -2.33. The lowest BCUT2D eigenvalue weighted by molar-refractivity contribution is 0.329. The molecule has 2 rings (SSSR count). The Labute approximate surface area is 122 Å². The van der Waals surface area contributed by atoms with E-state index in [-0.39, 0.29) is 6.04 Å². The highest BCUT2D eigenvalue weighted by molar-refractivity contribution is 9.10. The molecular formula is C14H20BrClN2. The van der Waals surface area contributed by atoms with Crippen molar-refractivity contribution in [3.05, 3.63) is 33.3 Å². The summed E-state index contributed by atoms with van der Waals surface area (Å²) >= 11 is 9.62. The third kappa shape index (κ3) is 3.70. The Morgan fingerprint density at radius 3 is 2.39 bits per heavy atom.